The third-order valence-corrected chi connectivity index (χ3v) is 6.24. The first-order valence-electron chi connectivity index (χ1n) is 10.8. The third kappa shape index (κ3) is 3.96. The molecule has 0 spiro atoms. The summed E-state index contributed by atoms with van der Waals surface area (Å²) in [6, 6.07) is 13.2. The van der Waals surface area contributed by atoms with Gasteiger partial charge in [0.15, 0.2) is 17.3 Å². The first-order valence-corrected chi connectivity index (χ1v) is 10.8. The highest BCUT2D eigenvalue weighted by atomic mass is 16.5. The van der Waals surface area contributed by atoms with E-state index in [4.69, 9.17) is 29.4 Å². The number of allylic oxidation sites excluding steroid dienone is 2. The molecule has 0 radical (unpaired) electrons. The monoisotopic (exact) mass is 465 g/mol. The normalized spacial score (nSPS) is 19.8. The highest BCUT2D eigenvalue weighted by molar-refractivity contribution is 6.03. The van der Waals surface area contributed by atoms with Crippen molar-refractivity contribution < 1.29 is 33.3 Å². The predicted octanol–water partition coefficient (Wildman–Crippen LogP) is 3.57. The molecule has 0 saturated heterocycles. The minimum absolute atomic E-state index is 0.0551. The van der Waals surface area contributed by atoms with Crippen molar-refractivity contribution in [1.82, 2.24) is 0 Å². The van der Waals surface area contributed by atoms with Gasteiger partial charge in [-0.2, -0.15) is 0 Å². The molecule has 2 atom stereocenters. The number of rotatable bonds is 6. The average Bonchev–Trinajstić information content (AvgIpc) is 2.86. The molecular weight excluding hydrogens is 438 g/mol. The summed E-state index contributed by atoms with van der Waals surface area (Å²) in [6.07, 6.45) is 0.753. The van der Waals surface area contributed by atoms with Gasteiger partial charge in [0, 0.05) is 18.4 Å². The van der Waals surface area contributed by atoms with Crippen LogP contribution in [0.15, 0.2) is 65.3 Å². The van der Waals surface area contributed by atoms with Gasteiger partial charge in [0.1, 0.15) is 11.3 Å². The lowest BCUT2D eigenvalue weighted by molar-refractivity contribution is -0.136. The van der Waals surface area contributed by atoms with E-state index in [0.717, 1.165) is 5.56 Å². The Morgan fingerprint density at radius 2 is 1.59 bits per heavy atom. The Morgan fingerprint density at radius 3 is 2.15 bits per heavy atom. The fourth-order valence-electron chi connectivity index (χ4n) is 4.68. The van der Waals surface area contributed by atoms with Crippen LogP contribution in [0.3, 0.4) is 0 Å². The summed E-state index contributed by atoms with van der Waals surface area (Å²) in [5, 5.41) is 0. The van der Waals surface area contributed by atoms with Crippen LogP contribution in [0.25, 0.3) is 0 Å². The molecule has 1 aliphatic carbocycles. The molecule has 0 saturated carbocycles. The van der Waals surface area contributed by atoms with Gasteiger partial charge < -0.3 is 29.4 Å². The van der Waals surface area contributed by atoms with Crippen LogP contribution in [0.1, 0.15) is 35.8 Å². The van der Waals surface area contributed by atoms with Gasteiger partial charge in [0.2, 0.25) is 11.6 Å². The first kappa shape index (κ1) is 23.2. The van der Waals surface area contributed by atoms with Crippen LogP contribution in [0.5, 0.6) is 17.2 Å². The summed E-state index contributed by atoms with van der Waals surface area (Å²) in [5.74, 6) is -0.138. The van der Waals surface area contributed by atoms with Crippen LogP contribution in [0.4, 0.5) is 0 Å². The van der Waals surface area contributed by atoms with E-state index in [1.165, 1.54) is 28.4 Å². The SMILES string of the molecule is COC(=O)C1=C(N)OC2=C(C(=O)CC(c3ccccc3)C2)C1c1cc(OC)c(OC)c(OC)c1. The summed E-state index contributed by atoms with van der Waals surface area (Å²) in [6.45, 7) is 0. The Balaban J connectivity index is 1.89. The summed E-state index contributed by atoms with van der Waals surface area (Å²) in [7, 11) is 5.75. The second kappa shape index (κ2) is 9.51. The lowest BCUT2D eigenvalue weighted by Crippen LogP contribution is -2.33. The third-order valence-electron chi connectivity index (χ3n) is 6.24. The Bertz CT molecular complexity index is 1160. The number of carbonyl (C=O) groups excluding carboxylic acids is 2. The lowest BCUT2D eigenvalue weighted by atomic mass is 9.73. The molecule has 2 aliphatic rings. The molecule has 8 heteroatoms. The molecule has 178 valence electrons. The fraction of sp³-hybridized carbons (Fsp3) is 0.308. The molecule has 2 aromatic rings. The number of methoxy groups -OCH3 is 4. The second-order valence-corrected chi connectivity index (χ2v) is 8.04. The van der Waals surface area contributed by atoms with Crippen molar-refractivity contribution in [3.8, 4) is 17.2 Å². The Labute approximate surface area is 197 Å². The average molecular weight is 466 g/mol. The topological polar surface area (TPSA) is 106 Å². The quantitative estimate of drug-likeness (QED) is 0.646. The molecule has 2 unspecified atom stereocenters. The van der Waals surface area contributed by atoms with Crippen molar-refractivity contribution in [3.63, 3.8) is 0 Å². The van der Waals surface area contributed by atoms with Gasteiger partial charge >= 0.3 is 5.97 Å². The minimum atomic E-state index is -0.811. The Morgan fingerprint density at radius 1 is 0.941 bits per heavy atom. The zero-order chi connectivity index (χ0) is 24.4. The number of carbonyl (C=O) groups is 2. The molecule has 0 fully saturated rings. The van der Waals surface area contributed by atoms with Crippen molar-refractivity contribution in [2.75, 3.05) is 28.4 Å². The largest absolute Gasteiger partial charge is 0.493 e. The molecule has 2 N–H and O–H groups in total. The minimum Gasteiger partial charge on any atom is -0.493 e. The van der Waals surface area contributed by atoms with E-state index in [2.05, 4.69) is 0 Å². The molecule has 1 heterocycles. The molecule has 4 rings (SSSR count). The molecule has 0 aromatic heterocycles. The molecule has 2 aromatic carbocycles. The Hall–Kier alpha value is -3.94. The van der Waals surface area contributed by atoms with Crippen LogP contribution < -0.4 is 19.9 Å². The van der Waals surface area contributed by atoms with E-state index in [9.17, 15) is 9.59 Å². The number of ketones is 1. The maximum atomic E-state index is 13.6. The standard InChI is InChI=1S/C26H27NO7/c1-30-19-12-16(13-20(31-2)24(19)32-3)21-22-17(28)10-15(14-8-6-5-7-9-14)11-18(22)34-25(27)23(21)26(29)33-4/h5-9,12-13,15,21H,10-11,27H2,1-4H3. The van der Waals surface area contributed by atoms with Gasteiger partial charge in [-0.1, -0.05) is 30.3 Å². The van der Waals surface area contributed by atoms with Crippen LogP contribution in [-0.2, 0) is 19.1 Å². The molecule has 0 amide bonds. The summed E-state index contributed by atoms with van der Waals surface area (Å²) < 4.78 is 27.3. The molecule has 0 bridgehead atoms. The summed E-state index contributed by atoms with van der Waals surface area (Å²) in [4.78, 5) is 26.3. The maximum Gasteiger partial charge on any atom is 0.340 e. The van der Waals surface area contributed by atoms with Gasteiger partial charge in [-0.15, -0.1) is 0 Å². The van der Waals surface area contributed by atoms with Crippen molar-refractivity contribution in [2.24, 2.45) is 5.73 Å². The number of ether oxygens (including phenoxy) is 5. The predicted molar refractivity (Wildman–Crippen MR) is 124 cm³/mol. The molecule has 1 aliphatic heterocycles. The fourth-order valence-corrected chi connectivity index (χ4v) is 4.68. The van der Waals surface area contributed by atoms with Gasteiger partial charge in [-0.25, -0.2) is 4.79 Å². The van der Waals surface area contributed by atoms with Gasteiger partial charge in [-0.3, -0.25) is 4.79 Å². The molecule has 34 heavy (non-hydrogen) atoms. The smallest absolute Gasteiger partial charge is 0.340 e. The van der Waals surface area contributed by atoms with Crippen molar-refractivity contribution in [1.29, 1.82) is 0 Å². The van der Waals surface area contributed by atoms with Crippen molar-refractivity contribution in [3.05, 3.63) is 76.4 Å². The first-order chi connectivity index (χ1) is 16.4. The number of benzene rings is 2. The lowest BCUT2D eigenvalue weighted by Gasteiger charge is -2.35. The van der Waals surface area contributed by atoms with E-state index in [-0.39, 0.29) is 29.6 Å². The Kier molecular flexibility index (Phi) is 6.49. The zero-order valence-corrected chi connectivity index (χ0v) is 19.5. The van der Waals surface area contributed by atoms with Crippen LogP contribution in [-0.4, -0.2) is 40.2 Å². The maximum absolute atomic E-state index is 13.6. The van der Waals surface area contributed by atoms with Crippen molar-refractivity contribution in [2.45, 2.75) is 24.7 Å². The number of hydrogen-bond donors (Lipinski definition) is 1. The highest BCUT2D eigenvalue weighted by Crippen LogP contribution is 2.50. The number of Topliss-reactive ketones (excluding diaryl/α,β-unsaturated/α-hetero) is 1. The molecule has 8 nitrogen and oxygen atoms in total. The van der Waals surface area contributed by atoms with Gasteiger partial charge in [0.25, 0.3) is 0 Å². The van der Waals surface area contributed by atoms with E-state index >= 15 is 0 Å². The van der Waals surface area contributed by atoms with E-state index in [1.54, 1.807) is 12.1 Å². The van der Waals surface area contributed by atoms with Crippen LogP contribution in [0, 0.1) is 0 Å². The van der Waals surface area contributed by atoms with Crippen LogP contribution in [0.2, 0.25) is 0 Å². The van der Waals surface area contributed by atoms with Gasteiger partial charge in [-0.05, 0) is 29.2 Å². The summed E-state index contributed by atoms with van der Waals surface area (Å²) >= 11 is 0. The zero-order valence-electron chi connectivity index (χ0n) is 19.5. The van der Waals surface area contributed by atoms with Crippen LogP contribution >= 0.6 is 0 Å². The van der Waals surface area contributed by atoms with E-state index in [0.29, 0.717) is 40.6 Å². The van der Waals surface area contributed by atoms with E-state index in [1.807, 2.05) is 30.3 Å². The number of nitrogens with two attached hydrogens (primary N) is 1. The molecular formula is C26H27NO7. The van der Waals surface area contributed by atoms with Crippen molar-refractivity contribution >= 4 is 11.8 Å². The van der Waals surface area contributed by atoms with E-state index < -0.39 is 11.9 Å². The second-order valence-electron chi connectivity index (χ2n) is 8.04. The highest BCUT2D eigenvalue weighted by Gasteiger charge is 2.43. The van der Waals surface area contributed by atoms with Gasteiger partial charge in [0.05, 0.1) is 34.4 Å². The number of esters is 1. The number of hydrogen-bond acceptors (Lipinski definition) is 8. The summed E-state index contributed by atoms with van der Waals surface area (Å²) in [5.41, 5.74) is 8.29.